The Kier molecular flexibility index (Phi) is 4.18. The van der Waals surface area contributed by atoms with E-state index < -0.39 is 0 Å². The molecule has 1 aliphatic heterocycles. The summed E-state index contributed by atoms with van der Waals surface area (Å²) >= 11 is 3.21. The highest BCUT2D eigenvalue weighted by Crippen LogP contribution is 2.29. The van der Waals surface area contributed by atoms with Gasteiger partial charge in [-0.25, -0.2) is 4.39 Å². The van der Waals surface area contributed by atoms with Gasteiger partial charge >= 0.3 is 0 Å². The summed E-state index contributed by atoms with van der Waals surface area (Å²) in [5.74, 6) is 0.690. The number of nitrogens with one attached hydrogen (secondary N) is 1. The third-order valence-corrected chi connectivity index (χ3v) is 3.31. The molecular formula is C13H15BrFNO. The maximum Gasteiger partial charge on any atom is 0.137 e. The van der Waals surface area contributed by atoms with Crippen LogP contribution in [0.1, 0.15) is 24.9 Å². The van der Waals surface area contributed by atoms with Gasteiger partial charge in [0.25, 0.3) is 0 Å². The van der Waals surface area contributed by atoms with Gasteiger partial charge in [0.2, 0.25) is 0 Å². The minimum atomic E-state index is -0.245. The predicted molar refractivity (Wildman–Crippen MR) is 69.2 cm³/mol. The maximum atomic E-state index is 13.2. The molecule has 2 rings (SSSR count). The Morgan fingerprint density at radius 3 is 2.94 bits per heavy atom. The topological polar surface area (TPSA) is 21.3 Å². The Morgan fingerprint density at radius 2 is 2.35 bits per heavy atom. The molecule has 0 aliphatic carbocycles. The van der Waals surface area contributed by atoms with Crippen LogP contribution in [0, 0.1) is 5.82 Å². The summed E-state index contributed by atoms with van der Waals surface area (Å²) in [4.78, 5) is 0. The quantitative estimate of drug-likeness (QED) is 0.918. The van der Waals surface area contributed by atoms with Gasteiger partial charge in [-0.05, 0) is 46.2 Å². The van der Waals surface area contributed by atoms with Gasteiger partial charge < -0.3 is 10.1 Å². The largest absolute Gasteiger partial charge is 0.496 e. The second kappa shape index (κ2) is 5.65. The van der Waals surface area contributed by atoms with Crippen molar-refractivity contribution in [2.24, 2.45) is 0 Å². The van der Waals surface area contributed by atoms with Crippen LogP contribution in [0.3, 0.4) is 0 Å². The fourth-order valence-corrected chi connectivity index (χ4v) is 2.31. The predicted octanol–water partition coefficient (Wildman–Crippen LogP) is 3.54. The van der Waals surface area contributed by atoms with Crippen molar-refractivity contribution >= 4 is 15.9 Å². The molecule has 0 bridgehead atoms. The number of hydrogen-bond donors (Lipinski definition) is 1. The molecule has 0 amide bonds. The fourth-order valence-electron chi connectivity index (χ4n) is 1.92. The van der Waals surface area contributed by atoms with Crippen LogP contribution in [0.25, 0.3) is 0 Å². The molecule has 0 fully saturated rings. The first kappa shape index (κ1) is 12.6. The standard InChI is InChI=1S/C13H15BrFNO/c1-2-16-13(12-4-3-7-17-12)9-5-6-11(15)10(14)8-9/h4-6,8,13,16H,2-3,7H2,1H3. The van der Waals surface area contributed by atoms with Gasteiger partial charge in [0.1, 0.15) is 11.6 Å². The fraction of sp³-hybridized carbons (Fsp3) is 0.385. The Bertz CT molecular complexity index is 433. The van der Waals surface area contributed by atoms with Crippen molar-refractivity contribution in [1.29, 1.82) is 0 Å². The third-order valence-electron chi connectivity index (χ3n) is 2.70. The van der Waals surface area contributed by atoms with E-state index in [-0.39, 0.29) is 11.9 Å². The average Bonchev–Trinajstić information content (AvgIpc) is 2.83. The summed E-state index contributed by atoms with van der Waals surface area (Å²) < 4.78 is 19.3. The van der Waals surface area contributed by atoms with Crippen molar-refractivity contribution in [2.45, 2.75) is 19.4 Å². The lowest BCUT2D eigenvalue weighted by atomic mass is 10.0. The molecule has 0 saturated heterocycles. The molecule has 4 heteroatoms. The summed E-state index contributed by atoms with van der Waals surface area (Å²) in [7, 11) is 0. The minimum Gasteiger partial charge on any atom is -0.496 e. The van der Waals surface area contributed by atoms with Gasteiger partial charge in [0.15, 0.2) is 0 Å². The molecule has 1 heterocycles. The molecular weight excluding hydrogens is 285 g/mol. The molecule has 1 unspecified atom stereocenters. The zero-order valence-electron chi connectivity index (χ0n) is 9.67. The van der Waals surface area contributed by atoms with Crippen molar-refractivity contribution in [1.82, 2.24) is 5.32 Å². The molecule has 1 aromatic carbocycles. The Morgan fingerprint density at radius 1 is 1.53 bits per heavy atom. The highest BCUT2D eigenvalue weighted by molar-refractivity contribution is 9.10. The lowest BCUT2D eigenvalue weighted by Crippen LogP contribution is -2.23. The van der Waals surface area contributed by atoms with Gasteiger partial charge in [0, 0.05) is 6.42 Å². The summed E-state index contributed by atoms with van der Waals surface area (Å²) in [6, 6.07) is 5.07. The van der Waals surface area contributed by atoms with Crippen LogP contribution in [0.15, 0.2) is 34.5 Å². The van der Waals surface area contributed by atoms with E-state index in [1.54, 1.807) is 12.1 Å². The number of hydrogen-bond acceptors (Lipinski definition) is 2. The van der Waals surface area contributed by atoms with Gasteiger partial charge in [-0.3, -0.25) is 0 Å². The second-order valence-corrected chi connectivity index (χ2v) is 4.76. The molecule has 1 aromatic rings. The van der Waals surface area contributed by atoms with E-state index in [9.17, 15) is 4.39 Å². The zero-order valence-corrected chi connectivity index (χ0v) is 11.3. The second-order valence-electron chi connectivity index (χ2n) is 3.91. The third kappa shape index (κ3) is 2.87. The summed E-state index contributed by atoms with van der Waals surface area (Å²) in [5, 5.41) is 3.35. The van der Waals surface area contributed by atoms with E-state index in [1.165, 1.54) is 6.07 Å². The molecule has 2 nitrogen and oxygen atoms in total. The Hall–Kier alpha value is -0.870. The number of likely N-dealkylation sites (N-methyl/N-ethyl adjacent to an activating group) is 1. The van der Waals surface area contributed by atoms with Crippen LogP contribution in [0.2, 0.25) is 0 Å². The van der Waals surface area contributed by atoms with Crippen molar-refractivity contribution in [3.63, 3.8) is 0 Å². The Balaban J connectivity index is 2.28. The number of benzene rings is 1. The molecule has 0 spiro atoms. The van der Waals surface area contributed by atoms with Gasteiger partial charge in [-0.1, -0.05) is 13.0 Å². The average molecular weight is 300 g/mol. The molecule has 17 heavy (non-hydrogen) atoms. The maximum absolute atomic E-state index is 13.2. The first-order chi connectivity index (χ1) is 8.22. The molecule has 1 atom stereocenters. The van der Waals surface area contributed by atoms with E-state index in [4.69, 9.17) is 4.74 Å². The van der Waals surface area contributed by atoms with Crippen LogP contribution >= 0.6 is 15.9 Å². The number of ether oxygens (including phenoxy) is 1. The van der Waals surface area contributed by atoms with E-state index in [2.05, 4.69) is 27.3 Å². The van der Waals surface area contributed by atoms with Crippen LogP contribution in [-0.4, -0.2) is 13.2 Å². The van der Waals surface area contributed by atoms with Gasteiger partial charge in [0.05, 0.1) is 17.1 Å². The van der Waals surface area contributed by atoms with Crippen molar-refractivity contribution in [3.05, 3.63) is 45.9 Å². The van der Waals surface area contributed by atoms with Crippen LogP contribution in [0.5, 0.6) is 0 Å². The van der Waals surface area contributed by atoms with Gasteiger partial charge in [-0.2, -0.15) is 0 Å². The smallest absolute Gasteiger partial charge is 0.137 e. The molecule has 1 aliphatic rings. The summed E-state index contributed by atoms with van der Waals surface area (Å²) in [6.45, 7) is 3.61. The highest BCUT2D eigenvalue weighted by Gasteiger charge is 2.20. The van der Waals surface area contributed by atoms with E-state index in [1.807, 2.05) is 6.92 Å². The zero-order chi connectivity index (χ0) is 12.3. The monoisotopic (exact) mass is 299 g/mol. The van der Waals surface area contributed by atoms with Gasteiger partial charge in [-0.15, -0.1) is 0 Å². The first-order valence-corrected chi connectivity index (χ1v) is 6.53. The summed E-state index contributed by atoms with van der Waals surface area (Å²) in [5.41, 5.74) is 1.01. The molecule has 0 radical (unpaired) electrons. The molecule has 0 saturated carbocycles. The van der Waals surface area contributed by atoms with E-state index in [0.717, 1.165) is 30.9 Å². The molecule has 1 N–H and O–H groups in total. The van der Waals surface area contributed by atoms with E-state index in [0.29, 0.717) is 4.47 Å². The van der Waals surface area contributed by atoms with E-state index >= 15 is 0 Å². The molecule has 92 valence electrons. The normalized spacial score (nSPS) is 16.5. The van der Waals surface area contributed by atoms with Crippen LogP contribution in [0.4, 0.5) is 4.39 Å². The van der Waals surface area contributed by atoms with Crippen LogP contribution < -0.4 is 5.32 Å². The summed E-state index contributed by atoms with van der Waals surface area (Å²) in [6.07, 6.45) is 3.03. The Labute approximate surface area is 109 Å². The lowest BCUT2D eigenvalue weighted by molar-refractivity contribution is 0.216. The SMILES string of the molecule is CCNC(C1=CCCO1)c1ccc(F)c(Br)c1. The van der Waals surface area contributed by atoms with Crippen LogP contribution in [-0.2, 0) is 4.74 Å². The van der Waals surface area contributed by atoms with Crippen molar-refractivity contribution in [2.75, 3.05) is 13.2 Å². The highest BCUT2D eigenvalue weighted by atomic mass is 79.9. The van der Waals surface area contributed by atoms with Crippen molar-refractivity contribution < 1.29 is 9.13 Å². The lowest BCUT2D eigenvalue weighted by Gasteiger charge is -2.19. The van der Waals surface area contributed by atoms with Crippen molar-refractivity contribution in [3.8, 4) is 0 Å². The first-order valence-electron chi connectivity index (χ1n) is 5.73. The number of halogens is 2. The minimum absolute atomic E-state index is 0.0133. The molecule has 0 aromatic heterocycles. The number of rotatable bonds is 4.